The molecule has 0 aliphatic carbocycles. The molecule has 4 rings (SSSR count). The van der Waals surface area contributed by atoms with Crippen molar-refractivity contribution in [1.29, 1.82) is 0 Å². The summed E-state index contributed by atoms with van der Waals surface area (Å²) >= 11 is 0. The van der Waals surface area contributed by atoms with E-state index in [2.05, 4.69) is 25.4 Å². The van der Waals surface area contributed by atoms with Gasteiger partial charge in [0.15, 0.2) is 0 Å². The van der Waals surface area contributed by atoms with Gasteiger partial charge in [-0.1, -0.05) is 6.07 Å². The molecular formula is C21H22FN5O2. The summed E-state index contributed by atoms with van der Waals surface area (Å²) in [5.41, 5.74) is 2.57. The van der Waals surface area contributed by atoms with Gasteiger partial charge >= 0.3 is 0 Å². The lowest BCUT2D eigenvalue weighted by atomic mass is 10.1. The topological polar surface area (TPSA) is 83.1 Å². The molecule has 3 aromatic rings. The van der Waals surface area contributed by atoms with Crippen LogP contribution in [0.2, 0.25) is 0 Å². The fraction of sp³-hybridized carbons (Fsp3) is 0.286. The van der Waals surface area contributed by atoms with E-state index in [0.717, 1.165) is 30.0 Å². The molecule has 2 N–H and O–H groups in total. The van der Waals surface area contributed by atoms with E-state index >= 15 is 0 Å². The monoisotopic (exact) mass is 395 g/mol. The Bertz CT molecular complexity index is 971. The minimum atomic E-state index is -0.315. The highest BCUT2D eigenvalue weighted by Gasteiger charge is 2.18. The summed E-state index contributed by atoms with van der Waals surface area (Å²) in [6, 6.07) is 11.5. The summed E-state index contributed by atoms with van der Waals surface area (Å²) in [6.07, 6.45) is 1.96. The quantitative estimate of drug-likeness (QED) is 0.694. The van der Waals surface area contributed by atoms with Crippen LogP contribution in [0.5, 0.6) is 0 Å². The standard InChI is InChI=1S/C21H22FN5O2/c1-14-13-27(8-9-29-14)20-7-2-15(11-23-20)12-24-21(28)19-10-18(25-26-19)16-3-5-17(22)6-4-16/h2-7,10-11,14H,8-9,12-13H2,1H3,(H,24,28)(H,25,26)/t14-/m0/s1. The van der Waals surface area contributed by atoms with Gasteiger partial charge in [-0.15, -0.1) is 0 Å². The number of pyridine rings is 1. The van der Waals surface area contributed by atoms with Gasteiger partial charge in [-0.2, -0.15) is 5.10 Å². The van der Waals surface area contributed by atoms with E-state index in [1.165, 1.54) is 12.1 Å². The molecule has 0 radical (unpaired) electrons. The number of amides is 1. The first kappa shape index (κ1) is 19.1. The van der Waals surface area contributed by atoms with Gasteiger partial charge in [0, 0.05) is 31.4 Å². The third-order valence-corrected chi connectivity index (χ3v) is 4.79. The molecule has 1 saturated heterocycles. The van der Waals surface area contributed by atoms with Gasteiger partial charge in [0.2, 0.25) is 0 Å². The zero-order chi connectivity index (χ0) is 20.2. The highest BCUT2D eigenvalue weighted by Crippen LogP contribution is 2.18. The summed E-state index contributed by atoms with van der Waals surface area (Å²) in [6.45, 7) is 4.75. The van der Waals surface area contributed by atoms with Crippen molar-refractivity contribution < 1.29 is 13.9 Å². The molecule has 0 unspecified atom stereocenters. The first-order valence-electron chi connectivity index (χ1n) is 9.49. The van der Waals surface area contributed by atoms with Crippen molar-refractivity contribution in [3.8, 4) is 11.3 Å². The third kappa shape index (κ3) is 4.60. The molecule has 8 heteroatoms. The fourth-order valence-electron chi connectivity index (χ4n) is 3.22. The van der Waals surface area contributed by atoms with Crippen LogP contribution in [0, 0.1) is 5.82 Å². The van der Waals surface area contributed by atoms with Crippen molar-refractivity contribution in [2.24, 2.45) is 0 Å². The maximum atomic E-state index is 13.0. The Morgan fingerprint density at radius 3 is 2.86 bits per heavy atom. The van der Waals surface area contributed by atoms with Crippen LogP contribution in [-0.2, 0) is 11.3 Å². The normalized spacial score (nSPS) is 16.6. The number of carbonyl (C=O) groups is 1. The Hall–Kier alpha value is -3.26. The SMILES string of the molecule is C[C@H]1CN(c2ccc(CNC(=O)c3cc(-c4ccc(F)cc4)n[nH]3)cn2)CCO1. The number of ether oxygens (including phenoxy) is 1. The van der Waals surface area contributed by atoms with Crippen LogP contribution >= 0.6 is 0 Å². The maximum Gasteiger partial charge on any atom is 0.269 e. The van der Waals surface area contributed by atoms with E-state index < -0.39 is 0 Å². The second-order valence-corrected chi connectivity index (χ2v) is 7.01. The van der Waals surface area contributed by atoms with Gasteiger partial charge in [-0.3, -0.25) is 9.89 Å². The van der Waals surface area contributed by atoms with Crippen LogP contribution in [0.4, 0.5) is 10.2 Å². The highest BCUT2D eigenvalue weighted by molar-refractivity contribution is 5.93. The Morgan fingerprint density at radius 1 is 1.31 bits per heavy atom. The number of nitrogens with zero attached hydrogens (tertiary/aromatic N) is 3. The lowest BCUT2D eigenvalue weighted by Crippen LogP contribution is -2.41. The van der Waals surface area contributed by atoms with Crippen LogP contribution in [0.25, 0.3) is 11.3 Å². The number of anilines is 1. The lowest BCUT2D eigenvalue weighted by Gasteiger charge is -2.32. The summed E-state index contributed by atoms with van der Waals surface area (Å²) < 4.78 is 18.6. The van der Waals surface area contributed by atoms with Gasteiger partial charge in [0.05, 0.1) is 18.4 Å². The first-order valence-corrected chi connectivity index (χ1v) is 9.49. The molecule has 2 aromatic heterocycles. The molecule has 29 heavy (non-hydrogen) atoms. The number of aromatic amines is 1. The first-order chi connectivity index (χ1) is 14.1. The number of halogens is 1. The van der Waals surface area contributed by atoms with E-state index in [1.54, 1.807) is 24.4 Å². The molecular weight excluding hydrogens is 373 g/mol. The van der Waals surface area contributed by atoms with Crippen LogP contribution in [0.3, 0.4) is 0 Å². The lowest BCUT2D eigenvalue weighted by molar-refractivity contribution is 0.0529. The van der Waals surface area contributed by atoms with E-state index in [-0.39, 0.29) is 17.8 Å². The van der Waals surface area contributed by atoms with Crippen molar-refractivity contribution in [2.45, 2.75) is 19.6 Å². The zero-order valence-electron chi connectivity index (χ0n) is 16.1. The molecule has 1 aliphatic rings. The van der Waals surface area contributed by atoms with Crippen LogP contribution in [-0.4, -0.2) is 46.9 Å². The molecule has 1 aliphatic heterocycles. The Labute approximate surface area is 167 Å². The zero-order valence-corrected chi connectivity index (χ0v) is 16.1. The molecule has 0 spiro atoms. The predicted molar refractivity (Wildman–Crippen MR) is 107 cm³/mol. The second kappa shape index (κ2) is 8.40. The number of nitrogens with one attached hydrogen (secondary N) is 2. The van der Waals surface area contributed by atoms with E-state index in [1.807, 2.05) is 19.1 Å². The van der Waals surface area contributed by atoms with Crippen LogP contribution in [0.15, 0.2) is 48.7 Å². The molecule has 0 bridgehead atoms. The second-order valence-electron chi connectivity index (χ2n) is 7.01. The molecule has 1 aromatic carbocycles. The minimum Gasteiger partial charge on any atom is -0.375 e. The molecule has 0 saturated carbocycles. The molecule has 7 nitrogen and oxygen atoms in total. The smallest absolute Gasteiger partial charge is 0.269 e. The molecule has 1 atom stereocenters. The van der Waals surface area contributed by atoms with Crippen molar-refractivity contribution >= 4 is 11.7 Å². The van der Waals surface area contributed by atoms with Crippen molar-refractivity contribution in [3.05, 3.63) is 65.7 Å². The number of rotatable bonds is 5. The Balaban J connectivity index is 1.34. The van der Waals surface area contributed by atoms with Crippen LogP contribution in [0.1, 0.15) is 23.0 Å². The number of hydrogen-bond acceptors (Lipinski definition) is 5. The summed E-state index contributed by atoms with van der Waals surface area (Å²) in [7, 11) is 0. The van der Waals surface area contributed by atoms with Gasteiger partial charge in [-0.25, -0.2) is 9.37 Å². The molecule has 150 valence electrons. The van der Waals surface area contributed by atoms with E-state index in [0.29, 0.717) is 24.5 Å². The molecule has 1 fully saturated rings. The van der Waals surface area contributed by atoms with Crippen molar-refractivity contribution in [1.82, 2.24) is 20.5 Å². The van der Waals surface area contributed by atoms with Crippen molar-refractivity contribution in [2.75, 3.05) is 24.6 Å². The highest BCUT2D eigenvalue weighted by atomic mass is 19.1. The van der Waals surface area contributed by atoms with Crippen molar-refractivity contribution in [3.63, 3.8) is 0 Å². The summed E-state index contributed by atoms with van der Waals surface area (Å²) in [4.78, 5) is 19.1. The average Bonchev–Trinajstić information content (AvgIpc) is 3.23. The van der Waals surface area contributed by atoms with Gasteiger partial charge in [0.1, 0.15) is 17.3 Å². The number of H-pyrrole nitrogens is 1. The largest absolute Gasteiger partial charge is 0.375 e. The number of carbonyl (C=O) groups excluding carboxylic acids is 1. The fourth-order valence-corrected chi connectivity index (χ4v) is 3.22. The number of benzene rings is 1. The summed E-state index contributed by atoms with van der Waals surface area (Å²) in [5, 5.41) is 9.70. The predicted octanol–water partition coefficient (Wildman–Crippen LogP) is 2.77. The minimum absolute atomic E-state index is 0.193. The summed E-state index contributed by atoms with van der Waals surface area (Å²) in [5.74, 6) is 0.328. The van der Waals surface area contributed by atoms with E-state index in [4.69, 9.17) is 4.74 Å². The van der Waals surface area contributed by atoms with Gasteiger partial charge in [-0.05, 0) is 48.9 Å². The van der Waals surface area contributed by atoms with E-state index in [9.17, 15) is 9.18 Å². The molecule has 3 heterocycles. The van der Waals surface area contributed by atoms with Gasteiger partial charge < -0.3 is 15.0 Å². The van der Waals surface area contributed by atoms with Crippen LogP contribution < -0.4 is 10.2 Å². The molecule has 1 amide bonds. The van der Waals surface area contributed by atoms with Gasteiger partial charge in [0.25, 0.3) is 5.91 Å². The number of hydrogen-bond donors (Lipinski definition) is 2. The number of aromatic nitrogens is 3. The number of morpholine rings is 1. The average molecular weight is 395 g/mol. The maximum absolute atomic E-state index is 13.0. The Kier molecular flexibility index (Phi) is 5.53. The third-order valence-electron chi connectivity index (χ3n) is 4.79. The Morgan fingerprint density at radius 2 is 2.14 bits per heavy atom.